The fourth-order valence-electron chi connectivity index (χ4n) is 1.43. The van der Waals surface area contributed by atoms with Crippen LogP contribution >= 0.6 is 0 Å². The monoisotopic (exact) mass is 207 g/mol. The first-order valence-corrected chi connectivity index (χ1v) is 4.87. The van der Waals surface area contributed by atoms with Gasteiger partial charge in [-0.25, -0.2) is 4.98 Å². The number of nitrogen functional groups attached to an aromatic ring is 1. The zero-order valence-corrected chi connectivity index (χ0v) is 8.74. The van der Waals surface area contributed by atoms with Crippen LogP contribution in [0.3, 0.4) is 0 Å². The van der Waals surface area contributed by atoms with E-state index < -0.39 is 0 Å². The summed E-state index contributed by atoms with van der Waals surface area (Å²) < 4.78 is 1.29. The molecule has 0 unspecified atom stereocenters. The number of anilines is 1. The number of aromatic amines is 1. The van der Waals surface area contributed by atoms with Gasteiger partial charge in [0.05, 0.1) is 5.69 Å². The van der Waals surface area contributed by atoms with Crippen LogP contribution in [-0.2, 0) is 6.42 Å². The molecule has 2 heterocycles. The van der Waals surface area contributed by atoms with Gasteiger partial charge in [0.2, 0.25) is 0 Å². The van der Waals surface area contributed by atoms with Gasteiger partial charge in [0.1, 0.15) is 11.5 Å². The molecule has 0 aliphatic carbocycles. The highest BCUT2D eigenvalue weighted by Crippen LogP contribution is 2.04. The smallest absolute Gasteiger partial charge is 0.297 e. The second-order valence-corrected chi connectivity index (χ2v) is 3.47. The molecule has 2 aromatic rings. The van der Waals surface area contributed by atoms with E-state index in [-0.39, 0.29) is 11.2 Å². The molecule has 80 valence electrons. The van der Waals surface area contributed by atoms with Gasteiger partial charge in [-0.2, -0.15) is 9.50 Å². The van der Waals surface area contributed by atoms with Crippen molar-refractivity contribution in [2.75, 3.05) is 5.73 Å². The summed E-state index contributed by atoms with van der Waals surface area (Å²) in [6.07, 6.45) is 1.75. The van der Waals surface area contributed by atoms with E-state index in [0.717, 1.165) is 18.7 Å². The van der Waals surface area contributed by atoms with Crippen LogP contribution in [-0.4, -0.2) is 19.6 Å². The predicted octanol–water partition coefficient (Wildman–Crippen LogP) is 0.261. The van der Waals surface area contributed by atoms with E-state index in [1.54, 1.807) is 6.92 Å². The van der Waals surface area contributed by atoms with Crippen molar-refractivity contribution in [2.45, 2.75) is 26.7 Å². The second kappa shape index (κ2) is 3.38. The highest BCUT2D eigenvalue weighted by molar-refractivity contribution is 5.44. The van der Waals surface area contributed by atoms with Crippen molar-refractivity contribution in [1.82, 2.24) is 19.6 Å². The lowest BCUT2D eigenvalue weighted by Crippen LogP contribution is -2.20. The number of rotatable bonds is 2. The maximum absolute atomic E-state index is 11.7. The van der Waals surface area contributed by atoms with Crippen LogP contribution in [0.2, 0.25) is 0 Å². The molecule has 0 saturated carbocycles. The minimum Gasteiger partial charge on any atom is -0.393 e. The van der Waals surface area contributed by atoms with Crippen molar-refractivity contribution in [2.24, 2.45) is 0 Å². The molecule has 0 atom stereocenters. The molecule has 0 bridgehead atoms. The van der Waals surface area contributed by atoms with Gasteiger partial charge in [0.25, 0.3) is 11.3 Å². The summed E-state index contributed by atoms with van der Waals surface area (Å²) in [7, 11) is 0. The van der Waals surface area contributed by atoms with Crippen molar-refractivity contribution < 1.29 is 0 Å². The number of H-pyrrole nitrogens is 1. The lowest BCUT2D eigenvalue weighted by atomic mass is 10.3. The Morgan fingerprint density at radius 1 is 1.47 bits per heavy atom. The molecule has 2 aromatic heterocycles. The van der Waals surface area contributed by atoms with Crippen molar-refractivity contribution in [1.29, 1.82) is 0 Å². The van der Waals surface area contributed by atoms with Gasteiger partial charge in [-0.15, -0.1) is 0 Å². The van der Waals surface area contributed by atoms with E-state index in [0.29, 0.717) is 11.5 Å². The predicted molar refractivity (Wildman–Crippen MR) is 56.8 cm³/mol. The topological polar surface area (TPSA) is 89.1 Å². The fourth-order valence-corrected chi connectivity index (χ4v) is 1.43. The minimum absolute atomic E-state index is 0.166. The Balaban J connectivity index is 2.71. The number of nitrogens with two attached hydrogens (primary N) is 1. The molecule has 0 amide bonds. The first kappa shape index (κ1) is 9.70. The summed E-state index contributed by atoms with van der Waals surface area (Å²) in [4.78, 5) is 20.0. The van der Waals surface area contributed by atoms with Crippen LogP contribution in [0, 0.1) is 6.92 Å². The van der Waals surface area contributed by atoms with Gasteiger partial charge in [-0.05, 0) is 13.3 Å². The number of nitrogens with zero attached hydrogens (tertiary/aromatic N) is 3. The number of hydrogen-bond acceptors (Lipinski definition) is 4. The molecule has 3 N–H and O–H groups in total. The minimum atomic E-state index is -0.285. The van der Waals surface area contributed by atoms with E-state index in [1.807, 2.05) is 6.92 Å². The number of nitrogens with one attached hydrogen (secondary N) is 1. The molecule has 0 saturated heterocycles. The highest BCUT2D eigenvalue weighted by atomic mass is 16.1. The van der Waals surface area contributed by atoms with E-state index in [4.69, 9.17) is 5.73 Å². The zero-order chi connectivity index (χ0) is 11.0. The Hall–Kier alpha value is -1.85. The van der Waals surface area contributed by atoms with E-state index in [2.05, 4.69) is 15.1 Å². The average Bonchev–Trinajstić information content (AvgIpc) is 2.58. The van der Waals surface area contributed by atoms with Crippen LogP contribution in [0.5, 0.6) is 0 Å². The first-order chi connectivity index (χ1) is 7.13. The Kier molecular flexibility index (Phi) is 2.18. The normalized spacial score (nSPS) is 11.1. The second-order valence-electron chi connectivity index (χ2n) is 3.47. The Bertz CT molecular complexity index is 553. The van der Waals surface area contributed by atoms with Gasteiger partial charge in [-0.1, -0.05) is 6.92 Å². The van der Waals surface area contributed by atoms with Gasteiger partial charge < -0.3 is 5.73 Å². The Morgan fingerprint density at radius 3 is 2.87 bits per heavy atom. The summed E-state index contributed by atoms with van der Waals surface area (Å²) in [5.74, 6) is 1.14. The largest absolute Gasteiger partial charge is 0.393 e. The third-order valence-electron chi connectivity index (χ3n) is 2.25. The molecule has 6 nitrogen and oxygen atoms in total. The number of aryl methyl sites for hydroxylation is 2. The number of fused-ring (bicyclic) bond motifs is 1. The third-order valence-corrected chi connectivity index (χ3v) is 2.25. The first-order valence-electron chi connectivity index (χ1n) is 4.87. The van der Waals surface area contributed by atoms with Crippen LogP contribution in [0.15, 0.2) is 4.79 Å². The SMILES string of the molecule is CCCc1nc2nc(C)c(N)c(=O)n2[nH]1. The maximum atomic E-state index is 11.7. The molecule has 0 aliphatic rings. The molecule has 2 rings (SSSR count). The van der Waals surface area contributed by atoms with E-state index in [1.165, 1.54) is 4.52 Å². The molecule has 0 fully saturated rings. The maximum Gasteiger partial charge on any atom is 0.297 e. The van der Waals surface area contributed by atoms with Gasteiger partial charge in [-0.3, -0.25) is 9.89 Å². The highest BCUT2D eigenvalue weighted by Gasteiger charge is 2.09. The quantitative estimate of drug-likeness (QED) is 0.739. The standard InChI is InChI=1S/C9H13N5O/c1-3-4-6-12-9-11-5(2)7(10)8(15)14(9)13-6/h3-4,10H2,1-2H3,(H,11,12,13). The molecule has 6 heteroatoms. The summed E-state index contributed by atoms with van der Waals surface area (Å²) in [5.41, 5.74) is 5.99. The fraction of sp³-hybridized carbons (Fsp3) is 0.444. The van der Waals surface area contributed by atoms with Gasteiger partial charge in [0.15, 0.2) is 0 Å². The molecular formula is C9H13N5O. The van der Waals surface area contributed by atoms with Crippen molar-refractivity contribution in [3.8, 4) is 0 Å². The Labute approximate surface area is 86.1 Å². The number of hydrogen-bond donors (Lipinski definition) is 2. The van der Waals surface area contributed by atoms with Crippen LogP contribution in [0.1, 0.15) is 24.9 Å². The van der Waals surface area contributed by atoms with Crippen molar-refractivity contribution in [3.05, 3.63) is 21.9 Å². The summed E-state index contributed by atoms with van der Waals surface area (Å²) in [6, 6.07) is 0. The van der Waals surface area contributed by atoms with Crippen LogP contribution in [0.25, 0.3) is 5.78 Å². The summed E-state index contributed by atoms with van der Waals surface area (Å²) in [6.45, 7) is 3.74. The van der Waals surface area contributed by atoms with Crippen molar-refractivity contribution in [3.63, 3.8) is 0 Å². The van der Waals surface area contributed by atoms with E-state index in [9.17, 15) is 4.79 Å². The average molecular weight is 207 g/mol. The molecule has 0 aromatic carbocycles. The van der Waals surface area contributed by atoms with E-state index >= 15 is 0 Å². The molecule has 0 aliphatic heterocycles. The van der Waals surface area contributed by atoms with Gasteiger partial charge >= 0.3 is 0 Å². The van der Waals surface area contributed by atoms with Gasteiger partial charge in [0, 0.05) is 6.42 Å². The lowest BCUT2D eigenvalue weighted by molar-refractivity contribution is 0.806. The van der Waals surface area contributed by atoms with Crippen LogP contribution in [0.4, 0.5) is 5.69 Å². The molecule has 0 spiro atoms. The van der Waals surface area contributed by atoms with Crippen LogP contribution < -0.4 is 11.3 Å². The third kappa shape index (κ3) is 1.47. The molecule has 15 heavy (non-hydrogen) atoms. The Morgan fingerprint density at radius 2 is 2.20 bits per heavy atom. The lowest BCUT2D eigenvalue weighted by Gasteiger charge is -1.96. The zero-order valence-electron chi connectivity index (χ0n) is 8.74. The summed E-state index contributed by atoms with van der Waals surface area (Å²) in [5, 5.41) is 2.88. The van der Waals surface area contributed by atoms with Crippen molar-refractivity contribution >= 4 is 11.5 Å². The summed E-state index contributed by atoms with van der Waals surface area (Å²) >= 11 is 0. The number of aromatic nitrogens is 4. The molecular weight excluding hydrogens is 194 g/mol. The molecule has 0 radical (unpaired) electrons.